The summed E-state index contributed by atoms with van der Waals surface area (Å²) in [6, 6.07) is 4.69. The lowest BCUT2D eigenvalue weighted by Gasteiger charge is -2.17. The first-order valence-corrected chi connectivity index (χ1v) is 4.90. The number of anilines is 1. The standard InChI is InChI=1S/C10H14ClNO3/c1-15-10-3-2-7(11)4-9(10)12-8(5-13)6-14/h2-4,8,12-14H,5-6H2,1H3. The molecule has 0 fully saturated rings. The predicted molar refractivity (Wildman–Crippen MR) is 59.6 cm³/mol. The van der Waals surface area contributed by atoms with Crippen LogP contribution in [0.4, 0.5) is 5.69 Å². The van der Waals surface area contributed by atoms with Gasteiger partial charge in [0.05, 0.1) is 32.1 Å². The molecule has 0 saturated heterocycles. The number of aliphatic hydroxyl groups is 2. The van der Waals surface area contributed by atoms with E-state index in [1.165, 1.54) is 0 Å². The maximum atomic E-state index is 8.92. The van der Waals surface area contributed by atoms with Crippen LogP contribution in [0, 0.1) is 0 Å². The van der Waals surface area contributed by atoms with E-state index in [0.717, 1.165) is 0 Å². The second kappa shape index (κ2) is 5.80. The van der Waals surface area contributed by atoms with Gasteiger partial charge >= 0.3 is 0 Å². The number of rotatable bonds is 5. The van der Waals surface area contributed by atoms with Crippen LogP contribution in [-0.2, 0) is 0 Å². The van der Waals surface area contributed by atoms with Crippen molar-refractivity contribution in [3.05, 3.63) is 23.2 Å². The van der Waals surface area contributed by atoms with Gasteiger partial charge in [-0.25, -0.2) is 0 Å². The first kappa shape index (κ1) is 12.1. The smallest absolute Gasteiger partial charge is 0.142 e. The third kappa shape index (κ3) is 3.27. The summed E-state index contributed by atoms with van der Waals surface area (Å²) in [7, 11) is 1.54. The van der Waals surface area contributed by atoms with Crippen LogP contribution in [0.25, 0.3) is 0 Å². The number of methoxy groups -OCH3 is 1. The molecule has 3 N–H and O–H groups in total. The van der Waals surface area contributed by atoms with Gasteiger partial charge in [-0.15, -0.1) is 0 Å². The molecule has 0 aromatic heterocycles. The van der Waals surface area contributed by atoms with E-state index in [-0.39, 0.29) is 13.2 Å². The molecule has 0 unspecified atom stereocenters. The lowest BCUT2D eigenvalue weighted by atomic mass is 10.2. The summed E-state index contributed by atoms with van der Waals surface area (Å²) in [6.07, 6.45) is 0. The van der Waals surface area contributed by atoms with E-state index in [0.29, 0.717) is 16.5 Å². The SMILES string of the molecule is COc1ccc(Cl)cc1NC(CO)CO. The molecule has 0 heterocycles. The van der Waals surface area contributed by atoms with Crippen molar-refractivity contribution in [1.29, 1.82) is 0 Å². The minimum Gasteiger partial charge on any atom is -0.495 e. The molecule has 4 nitrogen and oxygen atoms in total. The summed E-state index contributed by atoms with van der Waals surface area (Å²) in [6.45, 7) is -0.321. The highest BCUT2D eigenvalue weighted by molar-refractivity contribution is 6.30. The molecule has 0 aliphatic rings. The van der Waals surface area contributed by atoms with E-state index in [1.54, 1.807) is 25.3 Å². The average Bonchev–Trinajstić information content (AvgIpc) is 2.26. The van der Waals surface area contributed by atoms with Crippen molar-refractivity contribution in [3.63, 3.8) is 0 Å². The van der Waals surface area contributed by atoms with Crippen molar-refractivity contribution in [2.24, 2.45) is 0 Å². The molecule has 1 rings (SSSR count). The Bertz CT molecular complexity index is 316. The van der Waals surface area contributed by atoms with Crippen LogP contribution >= 0.6 is 11.6 Å². The van der Waals surface area contributed by atoms with Gasteiger partial charge < -0.3 is 20.3 Å². The molecular weight excluding hydrogens is 218 g/mol. The quantitative estimate of drug-likeness (QED) is 0.711. The van der Waals surface area contributed by atoms with Crippen molar-refractivity contribution in [1.82, 2.24) is 0 Å². The molecule has 1 aromatic rings. The summed E-state index contributed by atoms with van der Waals surface area (Å²) in [5.41, 5.74) is 0.651. The Morgan fingerprint density at radius 1 is 1.40 bits per heavy atom. The van der Waals surface area contributed by atoms with E-state index < -0.39 is 6.04 Å². The van der Waals surface area contributed by atoms with Gasteiger partial charge in [0.25, 0.3) is 0 Å². The Balaban J connectivity index is 2.86. The van der Waals surface area contributed by atoms with Gasteiger partial charge in [-0.1, -0.05) is 11.6 Å². The Kier molecular flexibility index (Phi) is 4.68. The van der Waals surface area contributed by atoms with Crippen molar-refractivity contribution in [3.8, 4) is 5.75 Å². The molecule has 0 bridgehead atoms. The van der Waals surface area contributed by atoms with Crippen LogP contribution in [0.3, 0.4) is 0 Å². The van der Waals surface area contributed by atoms with Gasteiger partial charge in [0.15, 0.2) is 0 Å². The monoisotopic (exact) mass is 231 g/mol. The third-order valence-corrected chi connectivity index (χ3v) is 2.20. The number of benzene rings is 1. The summed E-state index contributed by atoms with van der Waals surface area (Å²) >= 11 is 5.82. The number of ether oxygens (including phenoxy) is 1. The largest absolute Gasteiger partial charge is 0.495 e. The number of aliphatic hydroxyl groups excluding tert-OH is 2. The minimum atomic E-state index is -0.419. The van der Waals surface area contributed by atoms with Crippen molar-refractivity contribution in [2.75, 3.05) is 25.6 Å². The molecule has 15 heavy (non-hydrogen) atoms. The van der Waals surface area contributed by atoms with Crippen LogP contribution in [-0.4, -0.2) is 36.6 Å². The maximum Gasteiger partial charge on any atom is 0.142 e. The van der Waals surface area contributed by atoms with E-state index in [4.69, 9.17) is 26.6 Å². The fraction of sp³-hybridized carbons (Fsp3) is 0.400. The Morgan fingerprint density at radius 3 is 2.60 bits per heavy atom. The highest BCUT2D eigenvalue weighted by Crippen LogP contribution is 2.28. The average molecular weight is 232 g/mol. The van der Waals surface area contributed by atoms with Crippen LogP contribution in [0.5, 0.6) is 5.75 Å². The van der Waals surface area contributed by atoms with E-state index in [9.17, 15) is 0 Å². The molecule has 0 atom stereocenters. The number of nitrogens with one attached hydrogen (secondary N) is 1. The zero-order chi connectivity index (χ0) is 11.3. The highest BCUT2D eigenvalue weighted by atomic mass is 35.5. The fourth-order valence-electron chi connectivity index (χ4n) is 1.16. The molecule has 0 spiro atoms. The van der Waals surface area contributed by atoms with Gasteiger partial charge in [-0.2, -0.15) is 0 Å². The van der Waals surface area contributed by atoms with E-state index >= 15 is 0 Å². The number of hydrogen-bond acceptors (Lipinski definition) is 4. The van der Waals surface area contributed by atoms with Gasteiger partial charge in [0.1, 0.15) is 5.75 Å². The first-order chi connectivity index (χ1) is 7.21. The van der Waals surface area contributed by atoms with E-state index in [1.807, 2.05) is 0 Å². The molecule has 1 aromatic carbocycles. The fourth-order valence-corrected chi connectivity index (χ4v) is 1.33. The minimum absolute atomic E-state index is 0.161. The normalized spacial score (nSPS) is 10.5. The van der Waals surface area contributed by atoms with Gasteiger partial charge in [0, 0.05) is 5.02 Å². The third-order valence-electron chi connectivity index (χ3n) is 1.96. The van der Waals surface area contributed by atoms with Gasteiger partial charge in [-0.3, -0.25) is 0 Å². The number of halogens is 1. The molecule has 84 valence electrons. The van der Waals surface area contributed by atoms with Crippen molar-refractivity contribution >= 4 is 17.3 Å². The Labute approximate surface area is 93.4 Å². The van der Waals surface area contributed by atoms with Crippen molar-refractivity contribution < 1.29 is 14.9 Å². The molecule has 0 radical (unpaired) electrons. The van der Waals surface area contributed by atoms with Crippen LogP contribution in [0.2, 0.25) is 5.02 Å². The maximum absolute atomic E-state index is 8.92. The van der Waals surface area contributed by atoms with E-state index in [2.05, 4.69) is 5.32 Å². The zero-order valence-electron chi connectivity index (χ0n) is 8.40. The van der Waals surface area contributed by atoms with Gasteiger partial charge in [0.2, 0.25) is 0 Å². The second-order valence-electron chi connectivity index (χ2n) is 3.05. The Hall–Kier alpha value is -0.970. The molecule has 0 amide bonds. The summed E-state index contributed by atoms with van der Waals surface area (Å²) < 4.78 is 5.11. The lowest BCUT2D eigenvalue weighted by Crippen LogP contribution is -2.27. The topological polar surface area (TPSA) is 61.7 Å². The van der Waals surface area contributed by atoms with Gasteiger partial charge in [-0.05, 0) is 18.2 Å². The van der Waals surface area contributed by atoms with Crippen LogP contribution in [0.1, 0.15) is 0 Å². The number of hydrogen-bond donors (Lipinski definition) is 3. The molecule has 0 aliphatic heterocycles. The highest BCUT2D eigenvalue weighted by Gasteiger charge is 2.09. The Morgan fingerprint density at radius 2 is 2.07 bits per heavy atom. The first-order valence-electron chi connectivity index (χ1n) is 4.53. The van der Waals surface area contributed by atoms with Crippen LogP contribution < -0.4 is 10.1 Å². The second-order valence-corrected chi connectivity index (χ2v) is 3.49. The molecule has 0 saturated carbocycles. The molecule has 0 aliphatic carbocycles. The predicted octanol–water partition coefficient (Wildman–Crippen LogP) is 1.11. The summed E-state index contributed by atoms with van der Waals surface area (Å²) in [4.78, 5) is 0. The molecular formula is C10H14ClNO3. The zero-order valence-corrected chi connectivity index (χ0v) is 9.16. The van der Waals surface area contributed by atoms with Crippen molar-refractivity contribution in [2.45, 2.75) is 6.04 Å². The lowest BCUT2D eigenvalue weighted by molar-refractivity contribution is 0.203. The van der Waals surface area contributed by atoms with Crippen LogP contribution in [0.15, 0.2) is 18.2 Å². The molecule has 5 heteroatoms. The summed E-state index contributed by atoms with van der Waals surface area (Å²) in [5.74, 6) is 0.617. The summed E-state index contributed by atoms with van der Waals surface area (Å²) in [5, 5.41) is 21.3.